The summed E-state index contributed by atoms with van der Waals surface area (Å²) in [6.45, 7) is 0. The van der Waals surface area contributed by atoms with Gasteiger partial charge in [0.2, 0.25) is 5.95 Å². The highest BCUT2D eigenvalue weighted by Gasteiger charge is 2.07. The molecule has 0 atom stereocenters. The first kappa shape index (κ1) is 13.9. The molecule has 5 heteroatoms. The van der Waals surface area contributed by atoms with Crippen molar-refractivity contribution < 1.29 is 0 Å². The maximum atomic E-state index is 6.21. The van der Waals surface area contributed by atoms with Crippen molar-refractivity contribution >= 4 is 34.8 Å². The Morgan fingerprint density at radius 1 is 0.905 bits per heavy atom. The third-order valence-corrected chi connectivity index (χ3v) is 3.44. The van der Waals surface area contributed by atoms with Crippen LogP contribution in [0.4, 0.5) is 11.6 Å². The van der Waals surface area contributed by atoms with Crippen LogP contribution in [0.2, 0.25) is 10.0 Å². The summed E-state index contributed by atoms with van der Waals surface area (Å²) in [5.41, 5.74) is 2.49. The van der Waals surface area contributed by atoms with E-state index >= 15 is 0 Å². The lowest BCUT2D eigenvalue weighted by Gasteiger charge is -2.07. The molecule has 104 valence electrons. The fraction of sp³-hybridized carbons (Fsp3) is 0. The molecule has 1 aromatic heterocycles. The lowest BCUT2D eigenvalue weighted by molar-refractivity contribution is 1.17. The largest absolute Gasteiger partial charge is 0.324 e. The average molecular weight is 316 g/mol. The zero-order valence-electron chi connectivity index (χ0n) is 10.9. The Morgan fingerprint density at radius 2 is 1.71 bits per heavy atom. The van der Waals surface area contributed by atoms with E-state index in [1.807, 2.05) is 42.5 Å². The molecule has 0 aliphatic carbocycles. The normalized spacial score (nSPS) is 10.4. The summed E-state index contributed by atoms with van der Waals surface area (Å²) >= 11 is 12.1. The molecular formula is C16H11Cl2N3. The average Bonchev–Trinajstić information content (AvgIpc) is 2.48. The Hall–Kier alpha value is -2.10. The van der Waals surface area contributed by atoms with Crippen molar-refractivity contribution in [3.8, 4) is 11.3 Å². The second-order valence-corrected chi connectivity index (χ2v) is 5.22. The van der Waals surface area contributed by atoms with E-state index in [-0.39, 0.29) is 0 Å². The highest BCUT2D eigenvalue weighted by molar-refractivity contribution is 6.36. The topological polar surface area (TPSA) is 37.8 Å². The first-order valence-corrected chi connectivity index (χ1v) is 7.08. The molecule has 0 fully saturated rings. The second kappa shape index (κ2) is 6.12. The van der Waals surface area contributed by atoms with Gasteiger partial charge in [0.25, 0.3) is 0 Å². The monoisotopic (exact) mass is 315 g/mol. The van der Waals surface area contributed by atoms with E-state index in [9.17, 15) is 0 Å². The van der Waals surface area contributed by atoms with Crippen LogP contribution in [0.5, 0.6) is 0 Å². The van der Waals surface area contributed by atoms with Crippen LogP contribution in [0, 0.1) is 0 Å². The highest BCUT2D eigenvalue weighted by atomic mass is 35.5. The molecule has 0 saturated heterocycles. The van der Waals surface area contributed by atoms with Gasteiger partial charge in [0.15, 0.2) is 0 Å². The standard InChI is InChI=1S/C16H11Cl2N3/c17-11-6-7-13(14(18)10-11)15-8-9-19-16(21-15)20-12-4-2-1-3-5-12/h1-10H,(H,19,20,21). The minimum absolute atomic E-state index is 0.518. The molecule has 21 heavy (non-hydrogen) atoms. The summed E-state index contributed by atoms with van der Waals surface area (Å²) in [7, 11) is 0. The first-order chi connectivity index (χ1) is 10.2. The number of para-hydroxylation sites is 1. The van der Waals surface area contributed by atoms with Gasteiger partial charge in [-0.15, -0.1) is 0 Å². The predicted octanol–water partition coefficient (Wildman–Crippen LogP) is 5.19. The van der Waals surface area contributed by atoms with Gasteiger partial charge in [0.05, 0.1) is 10.7 Å². The van der Waals surface area contributed by atoms with E-state index in [1.54, 1.807) is 18.3 Å². The van der Waals surface area contributed by atoms with E-state index in [4.69, 9.17) is 23.2 Å². The van der Waals surface area contributed by atoms with Gasteiger partial charge in [-0.3, -0.25) is 0 Å². The van der Waals surface area contributed by atoms with E-state index < -0.39 is 0 Å². The van der Waals surface area contributed by atoms with Gasteiger partial charge in [0.1, 0.15) is 0 Å². The molecule has 0 unspecified atom stereocenters. The summed E-state index contributed by atoms with van der Waals surface area (Å²) in [5, 5.41) is 4.31. The number of nitrogens with one attached hydrogen (secondary N) is 1. The molecule has 1 N–H and O–H groups in total. The number of hydrogen-bond acceptors (Lipinski definition) is 3. The van der Waals surface area contributed by atoms with Gasteiger partial charge >= 0.3 is 0 Å². The Bertz CT molecular complexity index is 760. The molecule has 0 radical (unpaired) electrons. The van der Waals surface area contributed by atoms with E-state index in [2.05, 4.69) is 15.3 Å². The van der Waals surface area contributed by atoms with Gasteiger partial charge in [0, 0.05) is 22.5 Å². The summed E-state index contributed by atoms with van der Waals surface area (Å²) in [6, 6.07) is 16.9. The zero-order valence-corrected chi connectivity index (χ0v) is 12.4. The Balaban J connectivity index is 1.93. The van der Waals surface area contributed by atoms with Crippen molar-refractivity contribution in [2.75, 3.05) is 5.32 Å². The van der Waals surface area contributed by atoms with Crippen LogP contribution in [-0.4, -0.2) is 9.97 Å². The van der Waals surface area contributed by atoms with Crippen molar-refractivity contribution in [2.45, 2.75) is 0 Å². The molecule has 0 aliphatic rings. The molecule has 0 saturated carbocycles. The van der Waals surface area contributed by atoms with Gasteiger partial charge in [-0.25, -0.2) is 9.97 Å². The van der Waals surface area contributed by atoms with Crippen molar-refractivity contribution in [1.29, 1.82) is 0 Å². The van der Waals surface area contributed by atoms with Crippen molar-refractivity contribution in [3.05, 3.63) is 70.8 Å². The molecular weight excluding hydrogens is 305 g/mol. The van der Waals surface area contributed by atoms with Gasteiger partial charge in [-0.2, -0.15) is 0 Å². The van der Waals surface area contributed by atoms with Crippen LogP contribution >= 0.6 is 23.2 Å². The Morgan fingerprint density at radius 3 is 2.48 bits per heavy atom. The van der Waals surface area contributed by atoms with Crippen LogP contribution in [0.3, 0.4) is 0 Å². The zero-order chi connectivity index (χ0) is 14.7. The number of rotatable bonds is 3. The molecule has 1 heterocycles. The number of aromatic nitrogens is 2. The second-order valence-electron chi connectivity index (χ2n) is 4.38. The molecule has 0 spiro atoms. The van der Waals surface area contributed by atoms with E-state index in [1.165, 1.54) is 0 Å². The molecule has 3 nitrogen and oxygen atoms in total. The summed E-state index contributed by atoms with van der Waals surface area (Å²) in [6.07, 6.45) is 1.69. The maximum Gasteiger partial charge on any atom is 0.227 e. The third kappa shape index (κ3) is 3.32. The third-order valence-electron chi connectivity index (χ3n) is 2.89. The fourth-order valence-electron chi connectivity index (χ4n) is 1.92. The lowest BCUT2D eigenvalue weighted by atomic mass is 10.1. The number of nitrogens with zero attached hydrogens (tertiary/aromatic N) is 2. The van der Waals surface area contributed by atoms with Gasteiger partial charge in [-0.05, 0) is 36.4 Å². The van der Waals surface area contributed by atoms with Crippen LogP contribution in [0.15, 0.2) is 60.8 Å². The minimum Gasteiger partial charge on any atom is -0.324 e. The quantitative estimate of drug-likeness (QED) is 0.722. The van der Waals surface area contributed by atoms with Crippen LogP contribution in [0.1, 0.15) is 0 Å². The molecule has 0 aliphatic heterocycles. The predicted molar refractivity (Wildman–Crippen MR) is 87.2 cm³/mol. The Kier molecular flexibility index (Phi) is 4.04. The maximum absolute atomic E-state index is 6.21. The number of halogens is 2. The fourth-order valence-corrected chi connectivity index (χ4v) is 2.42. The number of benzene rings is 2. The molecule has 0 bridgehead atoms. The van der Waals surface area contributed by atoms with Crippen LogP contribution in [-0.2, 0) is 0 Å². The van der Waals surface area contributed by atoms with Crippen LogP contribution in [0.25, 0.3) is 11.3 Å². The van der Waals surface area contributed by atoms with Crippen molar-refractivity contribution in [1.82, 2.24) is 9.97 Å². The summed E-state index contributed by atoms with van der Waals surface area (Å²) in [4.78, 5) is 8.70. The lowest BCUT2D eigenvalue weighted by Crippen LogP contribution is -1.97. The molecule has 3 rings (SSSR count). The molecule has 2 aromatic carbocycles. The van der Waals surface area contributed by atoms with E-state index in [0.29, 0.717) is 16.0 Å². The van der Waals surface area contributed by atoms with Gasteiger partial charge < -0.3 is 5.32 Å². The number of hydrogen-bond donors (Lipinski definition) is 1. The molecule has 0 amide bonds. The summed E-state index contributed by atoms with van der Waals surface area (Å²) in [5.74, 6) is 0.518. The highest BCUT2D eigenvalue weighted by Crippen LogP contribution is 2.29. The van der Waals surface area contributed by atoms with Crippen molar-refractivity contribution in [2.24, 2.45) is 0 Å². The SMILES string of the molecule is Clc1ccc(-c2ccnc(Nc3ccccc3)n2)c(Cl)c1. The summed E-state index contributed by atoms with van der Waals surface area (Å²) < 4.78 is 0. The van der Waals surface area contributed by atoms with Crippen molar-refractivity contribution in [3.63, 3.8) is 0 Å². The Labute approximate surface area is 132 Å². The van der Waals surface area contributed by atoms with Gasteiger partial charge in [-0.1, -0.05) is 41.4 Å². The van der Waals surface area contributed by atoms with Crippen LogP contribution < -0.4 is 5.32 Å². The molecule has 3 aromatic rings. The smallest absolute Gasteiger partial charge is 0.227 e. The number of anilines is 2. The first-order valence-electron chi connectivity index (χ1n) is 6.33. The van der Waals surface area contributed by atoms with E-state index in [0.717, 1.165) is 16.9 Å². The minimum atomic E-state index is 0.518.